The van der Waals surface area contributed by atoms with Gasteiger partial charge in [-0.25, -0.2) is 0 Å². The van der Waals surface area contributed by atoms with E-state index in [1.807, 2.05) is 0 Å². The normalized spacial score (nSPS) is 24.1. The zero-order valence-electron chi connectivity index (χ0n) is 13.5. The molecule has 2 aliphatic rings. The Morgan fingerprint density at radius 1 is 1.36 bits per heavy atom. The number of piperidine rings is 1. The summed E-state index contributed by atoms with van der Waals surface area (Å²) in [6.07, 6.45) is 8.29. The molecular formula is C15H27N3O3S. The van der Waals surface area contributed by atoms with E-state index in [2.05, 4.69) is 11.4 Å². The quantitative estimate of drug-likeness (QED) is 0.769. The first-order valence-corrected chi connectivity index (χ1v) is 9.44. The average Bonchev–Trinajstić information content (AvgIpc) is 2.53. The van der Waals surface area contributed by atoms with E-state index in [0.29, 0.717) is 13.1 Å². The van der Waals surface area contributed by atoms with Crippen LogP contribution >= 0.6 is 0 Å². The second kappa shape index (κ2) is 7.57. The molecule has 1 aliphatic carbocycles. The molecule has 7 heteroatoms. The van der Waals surface area contributed by atoms with Crippen LogP contribution in [0, 0.1) is 5.92 Å². The van der Waals surface area contributed by atoms with Gasteiger partial charge in [-0.2, -0.15) is 17.0 Å². The van der Waals surface area contributed by atoms with Crippen LogP contribution in [0.3, 0.4) is 0 Å². The van der Waals surface area contributed by atoms with Crippen molar-refractivity contribution in [3.63, 3.8) is 0 Å². The van der Waals surface area contributed by atoms with E-state index >= 15 is 0 Å². The molecule has 6 nitrogen and oxygen atoms in total. The molecule has 1 heterocycles. The summed E-state index contributed by atoms with van der Waals surface area (Å²) in [7, 11) is -0.382. The second-order valence-corrected chi connectivity index (χ2v) is 8.46. The average molecular weight is 329 g/mol. The third-order valence-corrected chi connectivity index (χ3v) is 6.32. The van der Waals surface area contributed by atoms with Crippen molar-refractivity contribution in [3.8, 4) is 0 Å². The predicted octanol–water partition coefficient (Wildman–Crippen LogP) is 1.12. The van der Waals surface area contributed by atoms with E-state index in [4.69, 9.17) is 0 Å². The lowest BCUT2D eigenvalue weighted by atomic mass is 9.97. The van der Waals surface area contributed by atoms with Crippen LogP contribution in [0.5, 0.6) is 0 Å². The fourth-order valence-electron chi connectivity index (χ4n) is 3.01. The van der Waals surface area contributed by atoms with Crippen molar-refractivity contribution in [3.05, 3.63) is 11.6 Å². The fraction of sp³-hybridized carbons (Fsp3) is 0.800. The molecule has 1 N–H and O–H groups in total. The molecule has 0 spiro atoms. The van der Waals surface area contributed by atoms with Gasteiger partial charge in [0.25, 0.3) is 10.2 Å². The van der Waals surface area contributed by atoms with Gasteiger partial charge in [0.15, 0.2) is 0 Å². The highest BCUT2D eigenvalue weighted by Crippen LogP contribution is 2.21. The summed E-state index contributed by atoms with van der Waals surface area (Å²) in [6, 6.07) is 0. The Morgan fingerprint density at radius 2 is 2.14 bits per heavy atom. The standard InChI is InChI=1S/C15H27N3O3S/c1-17(2)22(20,21)18-10-6-9-14(12-18)15(19)16-11-13-7-4-3-5-8-13/h7,14H,3-6,8-12H2,1-2H3,(H,16,19). The molecule has 1 atom stereocenters. The predicted molar refractivity (Wildman–Crippen MR) is 86.5 cm³/mol. The molecule has 0 bridgehead atoms. The van der Waals surface area contributed by atoms with Crippen LogP contribution in [0.1, 0.15) is 38.5 Å². The molecule has 2 rings (SSSR count). The molecule has 1 aliphatic heterocycles. The van der Waals surface area contributed by atoms with Crippen LogP contribution in [0.15, 0.2) is 11.6 Å². The highest BCUT2D eigenvalue weighted by molar-refractivity contribution is 7.86. The number of hydrogen-bond donors (Lipinski definition) is 1. The molecule has 0 aromatic heterocycles. The summed E-state index contributed by atoms with van der Waals surface area (Å²) in [5, 5.41) is 2.98. The number of nitrogens with one attached hydrogen (secondary N) is 1. The molecule has 1 fully saturated rings. The van der Waals surface area contributed by atoms with Crippen LogP contribution in [0.25, 0.3) is 0 Å². The van der Waals surface area contributed by atoms with Crippen molar-refractivity contribution in [2.24, 2.45) is 5.92 Å². The first-order chi connectivity index (χ1) is 10.4. The van der Waals surface area contributed by atoms with Crippen LogP contribution in [0.2, 0.25) is 0 Å². The van der Waals surface area contributed by atoms with Crippen LogP contribution in [-0.2, 0) is 15.0 Å². The number of hydrogen-bond acceptors (Lipinski definition) is 3. The van der Waals surface area contributed by atoms with Crippen molar-refractivity contribution in [2.45, 2.75) is 38.5 Å². The molecule has 126 valence electrons. The van der Waals surface area contributed by atoms with Gasteiger partial charge in [-0.05, 0) is 38.5 Å². The van der Waals surface area contributed by atoms with Gasteiger partial charge in [0.2, 0.25) is 5.91 Å². The number of rotatable bonds is 5. The molecular weight excluding hydrogens is 302 g/mol. The lowest BCUT2D eigenvalue weighted by Gasteiger charge is -2.32. The Kier molecular flexibility index (Phi) is 6.00. The van der Waals surface area contributed by atoms with Gasteiger partial charge < -0.3 is 5.32 Å². The van der Waals surface area contributed by atoms with Gasteiger partial charge in [-0.15, -0.1) is 0 Å². The minimum atomic E-state index is -3.43. The van der Waals surface area contributed by atoms with Gasteiger partial charge >= 0.3 is 0 Å². The van der Waals surface area contributed by atoms with Crippen molar-refractivity contribution in [2.75, 3.05) is 33.7 Å². The maximum atomic E-state index is 12.3. The summed E-state index contributed by atoms with van der Waals surface area (Å²) < 4.78 is 27.0. The minimum Gasteiger partial charge on any atom is -0.352 e. The SMILES string of the molecule is CN(C)S(=O)(=O)N1CCCC(C(=O)NCC2=CCCCC2)C1. The third kappa shape index (κ3) is 4.30. The summed E-state index contributed by atoms with van der Waals surface area (Å²) >= 11 is 0. The molecule has 0 aromatic rings. The lowest BCUT2D eigenvalue weighted by molar-refractivity contribution is -0.125. The number of amides is 1. The van der Waals surface area contributed by atoms with Crippen LogP contribution in [-0.4, -0.2) is 56.7 Å². The van der Waals surface area contributed by atoms with E-state index in [-0.39, 0.29) is 18.4 Å². The summed E-state index contributed by atoms with van der Waals surface area (Å²) in [5.74, 6) is -0.266. The summed E-state index contributed by atoms with van der Waals surface area (Å²) in [4.78, 5) is 12.3. The summed E-state index contributed by atoms with van der Waals surface area (Å²) in [5.41, 5.74) is 1.30. The van der Waals surface area contributed by atoms with Gasteiger partial charge in [0.1, 0.15) is 0 Å². The zero-order valence-corrected chi connectivity index (χ0v) is 14.4. The lowest BCUT2D eigenvalue weighted by Crippen LogP contribution is -2.49. The molecule has 0 radical (unpaired) electrons. The minimum absolute atomic E-state index is 0.0230. The van der Waals surface area contributed by atoms with Crippen molar-refractivity contribution in [1.82, 2.24) is 13.9 Å². The number of carbonyl (C=O) groups excluding carboxylic acids is 1. The number of allylic oxidation sites excluding steroid dienone is 1. The third-order valence-electron chi connectivity index (χ3n) is 4.42. The van der Waals surface area contributed by atoms with Gasteiger partial charge in [-0.3, -0.25) is 4.79 Å². The summed E-state index contributed by atoms with van der Waals surface area (Å²) in [6.45, 7) is 1.39. The molecule has 0 aromatic carbocycles. The second-order valence-electron chi connectivity index (χ2n) is 6.31. The maximum Gasteiger partial charge on any atom is 0.281 e. The topological polar surface area (TPSA) is 69.7 Å². The molecule has 22 heavy (non-hydrogen) atoms. The Balaban J connectivity index is 1.88. The van der Waals surface area contributed by atoms with Crippen LogP contribution in [0.4, 0.5) is 0 Å². The first-order valence-electron chi connectivity index (χ1n) is 8.04. The van der Waals surface area contributed by atoms with E-state index < -0.39 is 10.2 Å². The smallest absolute Gasteiger partial charge is 0.281 e. The first kappa shape index (κ1) is 17.4. The largest absolute Gasteiger partial charge is 0.352 e. The molecule has 1 amide bonds. The molecule has 1 unspecified atom stereocenters. The van der Waals surface area contributed by atoms with E-state index in [9.17, 15) is 13.2 Å². The fourth-order valence-corrected chi connectivity index (χ4v) is 4.20. The molecule has 1 saturated heterocycles. The zero-order chi connectivity index (χ0) is 16.2. The molecule has 0 saturated carbocycles. The Bertz CT molecular complexity index is 528. The van der Waals surface area contributed by atoms with E-state index in [0.717, 1.165) is 25.7 Å². The van der Waals surface area contributed by atoms with E-state index in [1.165, 1.54) is 41.1 Å². The van der Waals surface area contributed by atoms with Crippen molar-refractivity contribution >= 4 is 16.1 Å². The number of carbonyl (C=O) groups is 1. The Hall–Kier alpha value is -0.920. The number of nitrogens with zero attached hydrogens (tertiary/aromatic N) is 2. The van der Waals surface area contributed by atoms with Gasteiger partial charge in [-0.1, -0.05) is 11.6 Å². The Labute approximate surface area is 133 Å². The van der Waals surface area contributed by atoms with Crippen LogP contribution < -0.4 is 5.32 Å². The maximum absolute atomic E-state index is 12.3. The monoisotopic (exact) mass is 329 g/mol. The van der Waals surface area contributed by atoms with E-state index in [1.54, 1.807) is 0 Å². The Morgan fingerprint density at radius 3 is 2.77 bits per heavy atom. The highest BCUT2D eigenvalue weighted by atomic mass is 32.2. The van der Waals surface area contributed by atoms with Gasteiger partial charge in [0, 0.05) is 33.7 Å². The van der Waals surface area contributed by atoms with Crippen molar-refractivity contribution < 1.29 is 13.2 Å². The highest BCUT2D eigenvalue weighted by Gasteiger charge is 2.33. The van der Waals surface area contributed by atoms with Crippen molar-refractivity contribution in [1.29, 1.82) is 0 Å². The van der Waals surface area contributed by atoms with Gasteiger partial charge in [0.05, 0.1) is 5.92 Å².